The van der Waals surface area contributed by atoms with E-state index in [0.29, 0.717) is 0 Å². The summed E-state index contributed by atoms with van der Waals surface area (Å²) in [6, 6.07) is 8.18. The minimum Gasteiger partial charge on any atom is -0.494 e. The number of ether oxygens (including phenoxy) is 1. The molecule has 0 aliphatic rings. The van der Waals surface area contributed by atoms with Crippen molar-refractivity contribution in [2.45, 2.75) is 104 Å². The van der Waals surface area contributed by atoms with Gasteiger partial charge in [-0.25, -0.2) is 9.97 Å². The van der Waals surface area contributed by atoms with Crippen molar-refractivity contribution in [2.75, 3.05) is 6.61 Å². The molecule has 0 unspecified atom stereocenters. The molecule has 0 spiro atoms. The monoisotopic (exact) mass is 410 g/mol. The molecule has 166 valence electrons. The van der Waals surface area contributed by atoms with E-state index in [4.69, 9.17) is 4.74 Å². The molecule has 0 aliphatic carbocycles. The van der Waals surface area contributed by atoms with Gasteiger partial charge in [-0.15, -0.1) is 0 Å². The van der Waals surface area contributed by atoms with Crippen LogP contribution in [0.2, 0.25) is 0 Å². The number of rotatable bonds is 17. The Kier molecular flexibility index (Phi) is 12.9. The van der Waals surface area contributed by atoms with Gasteiger partial charge in [0, 0.05) is 18.0 Å². The topological polar surface area (TPSA) is 35.0 Å². The molecule has 3 heteroatoms. The molecule has 0 amide bonds. The van der Waals surface area contributed by atoms with Crippen molar-refractivity contribution >= 4 is 0 Å². The first-order valence-electron chi connectivity index (χ1n) is 12.4. The Balaban J connectivity index is 1.65. The predicted molar refractivity (Wildman–Crippen MR) is 128 cm³/mol. The van der Waals surface area contributed by atoms with Crippen molar-refractivity contribution in [1.29, 1.82) is 0 Å². The van der Waals surface area contributed by atoms with Crippen molar-refractivity contribution in [3.05, 3.63) is 42.2 Å². The molecular formula is C27H42N2O. The third-order valence-corrected chi connectivity index (χ3v) is 5.65. The third kappa shape index (κ3) is 10.2. The summed E-state index contributed by atoms with van der Waals surface area (Å²) in [5.41, 5.74) is 2.29. The van der Waals surface area contributed by atoms with Gasteiger partial charge in [0.05, 0.1) is 6.61 Å². The van der Waals surface area contributed by atoms with Crippen LogP contribution < -0.4 is 4.74 Å². The largest absolute Gasteiger partial charge is 0.494 e. The molecule has 0 aliphatic heterocycles. The summed E-state index contributed by atoms with van der Waals surface area (Å²) in [6.45, 7) is 5.32. The predicted octanol–water partition coefficient (Wildman–Crippen LogP) is 8.18. The molecule has 0 saturated carbocycles. The maximum atomic E-state index is 5.88. The summed E-state index contributed by atoms with van der Waals surface area (Å²) in [5.74, 6) is 1.73. The van der Waals surface area contributed by atoms with Crippen LogP contribution in [0.1, 0.15) is 103 Å². The fourth-order valence-corrected chi connectivity index (χ4v) is 3.69. The molecule has 0 radical (unpaired) electrons. The van der Waals surface area contributed by atoms with Crippen LogP contribution >= 0.6 is 0 Å². The van der Waals surface area contributed by atoms with E-state index < -0.39 is 0 Å². The van der Waals surface area contributed by atoms with E-state index in [2.05, 4.69) is 35.9 Å². The number of aromatic nitrogens is 2. The number of nitrogens with zero attached hydrogens (tertiary/aromatic N) is 2. The van der Waals surface area contributed by atoms with Crippen molar-refractivity contribution in [1.82, 2.24) is 9.97 Å². The lowest BCUT2D eigenvalue weighted by molar-refractivity contribution is 0.304. The summed E-state index contributed by atoms with van der Waals surface area (Å²) in [7, 11) is 0. The van der Waals surface area contributed by atoms with Gasteiger partial charge in [-0.05, 0) is 49.1 Å². The Bertz CT molecular complexity index is 652. The Morgan fingerprint density at radius 2 is 1.17 bits per heavy atom. The van der Waals surface area contributed by atoms with Crippen LogP contribution in [0.5, 0.6) is 5.75 Å². The van der Waals surface area contributed by atoms with Gasteiger partial charge >= 0.3 is 0 Å². The Labute approximate surface area is 184 Å². The van der Waals surface area contributed by atoms with E-state index in [-0.39, 0.29) is 0 Å². The van der Waals surface area contributed by atoms with Crippen molar-refractivity contribution < 1.29 is 4.74 Å². The van der Waals surface area contributed by atoms with E-state index in [9.17, 15) is 0 Å². The normalized spacial score (nSPS) is 11.0. The SMILES string of the molecule is CCCCCCCCCOc1ccc(-c2ncc(CCCCCCCC)cn2)cc1. The summed E-state index contributed by atoms with van der Waals surface area (Å²) in [6.07, 6.45) is 22.1. The van der Waals surface area contributed by atoms with Crippen molar-refractivity contribution in [3.63, 3.8) is 0 Å². The van der Waals surface area contributed by atoms with Crippen LogP contribution in [-0.2, 0) is 6.42 Å². The second-order valence-electron chi connectivity index (χ2n) is 8.43. The minimum absolute atomic E-state index is 0.792. The van der Waals surface area contributed by atoms with Gasteiger partial charge in [0.15, 0.2) is 5.82 Å². The highest BCUT2D eigenvalue weighted by atomic mass is 16.5. The van der Waals surface area contributed by atoms with Gasteiger partial charge < -0.3 is 4.74 Å². The second kappa shape index (κ2) is 15.9. The first kappa shape index (κ1) is 24.4. The van der Waals surface area contributed by atoms with E-state index in [1.165, 1.54) is 82.6 Å². The van der Waals surface area contributed by atoms with Gasteiger partial charge in [-0.3, -0.25) is 0 Å². The van der Waals surface area contributed by atoms with Gasteiger partial charge in [-0.1, -0.05) is 84.5 Å². The lowest BCUT2D eigenvalue weighted by Crippen LogP contribution is -1.97. The van der Waals surface area contributed by atoms with E-state index >= 15 is 0 Å². The number of hydrogen-bond acceptors (Lipinski definition) is 3. The number of unbranched alkanes of at least 4 members (excludes halogenated alkanes) is 11. The van der Waals surface area contributed by atoms with E-state index in [1.54, 1.807) is 0 Å². The van der Waals surface area contributed by atoms with E-state index in [1.807, 2.05) is 24.5 Å². The summed E-state index contributed by atoms with van der Waals surface area (Å²) >= 11 is 0. The third-order valence-electron chi connectivity index (χ3n) is 5.65. The molecule has 3 nitrogen and oxygen atoms in total. The molecule has 0 saturated heterocycles. The van der Waals surface area contributed by atoms with Crippen LogP contribution in [0.4, 0.5) is 0 Å². The van der Waals surface area contributed by atoms with Crippen LogP contribution in [0.25, 0.3) is 11.4 Å². The zero-order chi connectivity index (χ0) is 21.3. The number of aryl methyl sites for hydroxylation is 1. The maximum Gasteiger partial charge on any atom is 0.159 e. The zero-order valence-electron chi connectivity index (χ0n) is 19.4. The smallest absolute Gasteiger partial charge is 0.159 e. The highest BCUT2D eigenvalue weighted by Crippen LogP contribution is 2.20. The molecule has 1 aromatic carbocycles. The number of hydrogen-bond donors (Lipinski definition) is 0. The summed E-state index contributed by atoms with van der Waals surface area (Å²) < 4.78 is 5.88. The van der Waals surface area contributed by atoms with Crippen LogP contribution in [-0.4, -0.2) is 16.6 Å². The maximum absolute atomic E-state index is 5.88. The van der Waals surface area contributed by atoms with Gasteiger partial charge in [-0.2, -0.15) is 0 Å². The number of benzene rings is 1. The van der Waals surface area contributed by atoms with Gasteiger partial charge in [0.25, 0.3) is 0 Å². The summed E-state index contributed by atoms with van der Waals surface area (Å²) in [5, 5.41) is 0. The molecule has 1 aromatic heterocycles. The quantitative estimate of drug-likeness (QED) is 0.247. The molecule has 1 heterocycles. The minimum atomic E-state index is 0.792. The fourth-order valence-electron chi connectivity index (χ4n) is 3.69. The second-order valence-corrected chi connectivity index (χ2v) is 8.43. The lowest BCUT2D eigenvalue weighted by atomic mass is 10.1. The first-order chi connectivity index (χ1) is 14.8. The standard InChI is InChI=1S/C27H42N2O/c1-3-5-7-9-11-13-15-21-30-26-19-17-25(18-20-26)27-28-22-24(23-29-27)16-14-12-10-8-6-4-2/h17-20,22-23H,3-16,21H2,1-2H3. The molecule has 2 rings (SSSR count). The fraction of sp³-hybridized carbons (Fsp3) is 0.630. The molecular weight excluding hydrogens is 368 g/mol. The Morgan fingerprint density at radius 3 is 1.77 bits per heavy atom. The molecule has 2 aromatic rings. The van der Waals surface area contributed by atoms with Gasteiger partial charge in [0.2, 0.25) is 0 Å². The van der Waals surface area contributed by atoms with E-state index in [0.717, 1.165) is 36.6 Å². The van der Waals surface area contributed by atoms with Crippen molar-refractivity contribution in [3.8, 4) is 17.1 Å². The molecule has 0 bridgehead atoms. The first-order valence-corrected chi connectivity index (χ1v) is 12.4. The molecule has 0 fully saturated rings. The highest BCUT2D eigenvalue weighted by molar-refractivity contribution is 5.55. The van der Waals surface area contributed by atoms with Gasteiger partial charge in [0.1, 0.15) is 5.75 Å². The average Bonchev–Trinajstić information content (AvgIpc) is 2.79. The molecule has 0 N–H and O–H groups in total. The zero-order valence-corrected chi connectivity index (χ0v) is 19.4. The lowest BCUT2D eigenvalue weighted by Gasteiger charge is -2.07. The molecule has 30 heavy (non-hydrogen) atoms. The summed E-state index contributed by atoms with van der Waals surface area (Å²) in [4.78, 5) is 9.14. The Morgan fingerprint density at radius 1 is 0.633 bits per heavy atom. The van der Waals surface area contributed by atoms with Crippen LogP contribution in [0.15, 0.2) is 36.7 Å². The highest BCUT2D eigenvalue weighted by Gasteiger charge is 2.03. The van der Waals surface area contributed by atoms with Crippen LogP contribution in [0, 0.1) is 0 Å². The molecule has 0 atom stereocenters. The van der Waals surface area contributed by atoms with Crippen LogP contribution in [0.3, 0.4) is 0 Å². The van der Waals surface area contributed by atoms with Crippen molar-refractivity contribution in [2.24, 2.45) is 0 Å². The average molecular weight is 411 g/mol. The Hall–Kier alpha value is -1.90.